The maximum atomic E-state index is 13.5. The van der Waals surface area contributed by atoms with E-state index in [4.69, 9.17) is 32.8 Å². The summed E-state index contributed by atoms with van der Waals surface area (Å²) in [4.78, 5) is 27.0. The van der Waals surface area contributed by atoms with Gasteiger partial charge in [-0.05, 0) is 61.4 Å². The minimum atomic E-state index is -0.737. The third-order valence-electron chi connectivity index (χ3n) is 7.19. The highest BCUT2D eigenvalue weighted by atomic mass is 16.5. The minimum Gasteiger partial charge on any atom is -0.493 e. The predicted octanol–water partition coefficient (Wildman–Crippen LogP) is 8.14. The van der Waals surface area contributed by atoms with Crippen molar-refractivity contribution in [2.24, 2.45) is 0 Å². The first-order valence-electron chi connectivity index (χ1n) is 15.2. The van der Waals surface area contributed by atoms with E-state index in [2.05, 4.69) is 0 Å². The molecule has 0 atom stereocenters. The molecule has 0 radical (unpaired) electrons. The lowest BCUT2D eigenvalue weighted by Crippen LogP contribution is -2.14. The van der Waals surface area contributed by atoms with Gasteiger partial charge in [0.05, 0.1) is 27.4 Å². The van der Waals surface area contributed by atoms with Gasteiger partial charge < -0.3 is 32.8 Å². The number of hydrogen-bond acceptors (Lipinski definition) is 9. The normalized spacial score (nSPS) is 10.6. The number of rotatable bonds is 14. The molecule has 4 aromatic carbocycles. The SMILES string of the molecule is CCOC(=O)c1c(-c2ccc(OCc3ccccc3)c(OC)c2)oc(-c2ccc(OCc3ccccc3)c(OC)c2)c1C(=O)OCC. The highest BCUT2D eigenvalue weighted by molar-refractivity contribution is 6.11. The molecule has 9 nitrogen and oxygen atoms in total. The standard InChI is InChI=1S/C38H36O9/c1-5-43-37(39)33-34(38(40)44-6-2)36(28-18-20-30(32(22-28)42-4)46-24-26-15-11-8-12-16-26)47-35(33)27-17-19-29(31(21-27)41-3)45-23-25-13-9-7-10-14-25/h7-22H,5-6,23-24H2,1-4H3. The fourth-order valence-electron chi connectivity index (χ4n) is 4.96. The van der Waals surface area contributed by atoms with E-state index in [-0.39, 0.29) is 35.9 Å². The summed E-state index contributed by atoms with van der Waals surface area (Å²) in [5.74, 6) is 0.543. The summed E-state index contributed by atoms with van der Waals surface area (Å²) in [7, 11) is 3.04. The molecule has 242 valence electrons. The zero-order valence-corrected chi connectivity index (χ0v) is 26.7. The lowest BCUT2D eigenvalue weighted by Gasteiger charge is -2.12. The number of carbonyl (C=O) groups is 2. The Morgan fingerprint density at radius 2 is 0.957 bits per heavy atom. The lowest BCUT2D eigenvalue weighted by atomic mass is 10.0. The van der Waals surface area contributed by atoms with Gasteiger partial charge in [0, 0.05) is 11.1 Å². The first-order valence-corrected chi connectivity index (χ1v) is 15.2. The molecule has 0 aliphatic rings. The van der Waals surface area contributed by atoms with Crippen molar-refractivity contribution in [3.05, 3.63) is 119 Å². The van der Waals surface area contributed by atoms with Crippen LogP contribution in [0.25, 0.3) is 22.6 Å². The summed E-state index contributed by atoms with van der Waals surface area (Å²) in [6.45, 7) is 4.19. The van der Waals surface area contributed by atoms with Crippen molar-refractivity contribution in [3.63, 3.8) is 0 Å². The molecule has 0 saturated heterocycles. The third-order valence-corrected chi connectivity index (χ3v) is 7.19. The first kappa shape index (κ1) is 32.7. The van der Waals surface area contributed by atoms with Crippen molar-refractivity contribution in [1.82, 2.24) is 0 Å². The summed E-state index contributed by atoms with van der Waals surface area (Å²) >= 11 is 0. The van der Waals surface area contributed by atoms with Gasteiger partial charge in [-0.15, -0.1) is 0 Å². The Morgan fingerprint density at radius 1 is 0.553 bits per heavy atom. The van der Waals surface area contributed by atoms with Crippen LogP contribution in [0.4, 0.5) is 0 Å². The molecule has 0 fully saturated rings. The van der Waals surface area contributed by atoms with Gasteiger partial charge in [-0.2, -0.15) is 0 Å². The van der Waals surface area contributed by atoms with Gasteiger partial charge in [-0.3, -0.25) is 0 Å². The van der Waals surface area contributed by atoms with Crippen molar-refractivity contribution in [3.8, 4) is 45.6 Å². The average Bonchev–Trinajstić information content (AvgIpc) is 3.52. The summed E-state index contributed by atoms with van der Waals surface area (Å²) in [5.41, 5.74) is 2.77. The van der Waals surface area contributed by atoms with Crippen molar-refractivity contribution in [2.45, 2.75) is 27.1 Å². The maximum Gasteiger partial charge on any atom is 0.342 e. The molecular formula is C38H36O9. The van der Waals surface area contributed by atoms with E-state index in [0.29, 0.717) is 47.3 Å². The minimum absolute atomic E-state index is 0.0660. The van der Waals surface area contributed by atoms with Crippen LogP contribution in [0.5, 0.6) is 23.0 Å². The van der Waals surface area contributed by atoms with Crippen molar-refractivity contribution in [1.29, 1.82) is 0 Å². The molecule has 0 amide bonds. The molecule has 1 heterocycles. The third kappa shape index (κ3) is 7.58. The molecule has 0 spiro atoms. The van der Waals surface area contributed by atoms with E-state index in [9.17, 15) is 9.59 Å². The molecule has 47 heavy (non-hydrogen) atoms. The van der Waals surface area contributed by atoms with Crippen LogP contribution in [0.1, 0.15) is 45.7 Å². The van der Waals surface area contributed by atoms with Crippen LogP contribution in [0.15, 0.2) is 101 Å². The Bertz CT molecular complexity index is 1680. The van der Waals surface area contributed by atoms with Gasteiger partial charge in [0.1, 0.15) is 35.9 Å². The lowest BCUT2D eigenvalue weighted by molar-refractivity contribution is 0.0481. The summed E-state index contributed by atoms with van der Waals surface area (Å²) in [6.07, 6.45) is 0. The van der Waals surface area contributed by atoms with Gasteiger partial charge in [-0.1, -0.05) is 60.7 Å². The van der Waals surface area contributed by atoms with E-state index < -0.39 is 11.9 Å². The number of esters is 2. The molecule has 9 heteroatoms. The molecule has 5 aromatic rings. The molecule has 0 aliphatic heterocycles. The molecule has 1 aromatic heterocycles. The second-order valence-corrected chi connectivity index (χ2v) is 10.2. The molecule has 0 bridgehead atoms. The van der Waals surface area contributed by atoms with Crippen LogP contribution < -0.4 is 18.9 Å². The fraction of sp³-hybridized carbons (Fsp3) is 0.211. The molecular weight excluding hydrogens is 600 g/mol. The Balaban J connectivity index is 1.58. The van der Waals surface area contributed by atoms with E-state index in [0.717, 1.165) is 11.1 Å². The van der Waals surface area contributed by atoms with Gasteiger partial charge >= 0.3 is 11.9 Å². The van der Waals surface area contributed by atoms with Crippen molar-refractivity contribution < 1.29 is 42.4 Å². The van der Waals surface area contributed by atoms with E-state index in [1.165, 1.54) is 14.2 Å². The number of benzene rings is 4. The van der Waals surface area contributed by atoms with Gasteiger partial charge in [0.25, 0.3) is 0 Å². The smallest absolute Gasteiger partial charge is 0.342 e. The average molecular weight is 637 g/mol. The predicted molar refractivity (Wildman–Crippen MR) is 176 cm³/mol. The molecule has 0 aliphatic carbocycles. The van der Waals surface area contributed by atoms with Crippen LogP contribution in [-0.2, 0) is 22.7 Å². The summed E-state index contributed by atoms with van der Waals surface area (Å²) < 4.78 is 40.6. The van der Waals surface area contributed by atoms with Crippen LogP contribution in [0, 0.1) is 0 Å². The molecule has 0 N–H and O–H groups in total. The zero-order chi connectivity index (χ0) is 33.2. The number of methoxy groups -OCH3 is 2. The fourth-order valence-corrected chi connectivity index (χ4v) is 4.96. The van der Waals surface area contributed by atoms with Crippen LogP contribution in [0.2, 0.25) is 0 Å². The Labute approximate surface area is 273 Å². The molecule has 0 unspecified atom stereocenters. The van der Waals surface area contributed by atoms with Gasteiger partial charge in [-0.25, -0.2) is 9.59 Å². The number of ether oxygens (including phenoxy) is 6. The van der Waals surface area contributed by atoms with Crippen LogP contribution in [-0.4, -0.2) is 39.4 Å². The monoisotopic (exact) mass is 636 g/mol. The quantitative estimate of drug-likeness (QED) is 0.112. The molecule has 5 rings (SSSR count). The van der Waals surface area contributed by atoms with Crippen molar-refractivity contribution >= 4 is 11.9 Å². The highest BCUT2D eigenvalue weighted by Crippen LogP contribution is 2.43. The number of furan rings is 1. The largest absolute Gasteiger partial charge is 0.493 e. The topological polar surface area (TPSA) is 103 Å². The number of hydrogen-bond donors (Lipinski definition) is 0. The van der Waals surface area contributed by atoms with Crippen molar-refractivity contribution in [2.75, 3.05) is 27.4 Å². The van der Waals surface area contributed by atoms with E-state index in [1.807, 2.05) is 60.7 Å². The molecule has 0 saturated carbocycles. The maximum absolute atomic E-state index is 13.5. The summed E-state index contributed by atoms with van der Waals surface area (Å²) in [6, 6.07) is 29.7. The van der Waals surface area contributed by atoms with Gasteiger partial charge in [0.15, 0.2) is 23.0 Å². The van der Waals surface area contributed by atoms with E-state index >= 15 is 0 Å². The second-order valence-electron chi connectivity index (χ2n) is 10.2. The summed E-state index contributed by atoms with van der Waals surface area (Å²) in [5, 5.41) is 0. The highest BCUT2D eigenvalue weighted by Gasteiger charge is 2.34. The van der Waals surface area contributed by atoms with Crippen LogP contribution >= 0.6 is 0 Å². The first-order chi connectivity index (χ1) is 23.0. The van der Waals surface area contributed by atoms with Crippen LogP contribution in [0.3, 0.4) is 0 Å². The Kier molecular flexibility index (Phi) is 10.8. The van der Waals surface area contributed by atoms with E-state index in [1.54, 1.807) is 50.2 Å². The Morgan fingerprint density at radius 3 is 1.32 bits per heavy atom. The Hall–Kier alpha value is -5.70. The van der Waals surface area contributed by atoms with Gasteiger partial charge in [0.2, 0.25) is 0 Å². The number of carbonyl (C=O) groups excluding carboxylic acids is 2. The zero-order valence-electron chi connectivity index (χ0n) is 26.7. The second kappa shape index (κ2) is 15.5.